The minimum atomic E-state index is 0.164. The fourth-order valence-corrected chi connectivity index (χ4v) is 2.37. The zero-order chi connectivity index (χ0) is 14.0. The number of fused-ring (bicyclic) bond motifs is 1. The second-order valence-electron chi connectivity index (χ2n) is 6.07. The van der Waals surface area contributed by atoms with Crippen molar-refractivity contribution in [2.24, 2.45) is 0 Å². The van der Waals surface area contributed by atoms with Crippen LogP contribution in [0.3, 0.4) is 0 Å². The van der Waals surface area contributed by atoms with Crippen LogP contribution in [0.5, 0.6) is 5.75 Å². The monoisotopic (exact) mass is 260 g/mol. The molecule has 0 spiro atoms. The van der Waals surface area contributed by atoms with Crippen LogP contribution in [-0.2, 0) is 6.42 Å². The van der Waals surface area contributed by atoms with Crippen LogP contribution >= 0.6 is 0 Å². The Kier molecular flexibility index (Phi) is 3.85. The molecule has 0 amide bonds. The van der Waals surface area contributed by atoms with Crippen LogP contribution in [0.1, 0.15) is 32.0 Å². The van der Waals surface area contributed by atoms with Crippen molar-refractivity contribution >= 4 is 10.9 Å². The number of H-pyrrole nitrogens is 1. The van der Waals surface area contributed by atoms with Crippen molar-refractivity contribution in [3.8, 4) is 5.75 Å². The predicted molar refractivity (Wildman–Crippen MR) is 81.0 cm³/mol. The van der Waals surface area contributed by atoms with Crippen molar-refractivity contribution in [3.05, 3.63) is 29.5 Å². The molecule has 0 atom stereocenters. The Balaban J connectivity index is 2.23. The molecular weight excluding hydrogens is 236 g/mol. The molecule has 3 heteroatoms. The minimum Gasteiger partial charge on any atom is -0.497 e. The normalized spacial score (nSPS) is 12.1. The predicted octanol–water partition coefficient (Wildman–Crippen LogP) is 3.42. The Morgan fingerprint density at radius 2 is 2.00 bits per heavy atom. The van der Waals surface area contributed by atoms with Gasteiger partial charge in [0.15, 0.2) is 0 Å². The van der Waals surface area contributed by atoms with Gasteiger partial charge in [0, 0.05) is 22.1 Å². The van der Waals surface area contributed by atoms with E-state index in [1.54, 1.807) is 7.11 Å². The SMILES string of the molecule is COc1ccc2[nH]c(C)c(CCNC(C)(C)C)c2c1. The molecule has 0 aliphatic rings. The van der Waals surface area contributed by atoms with E-state index in [2.05, 4.69) is 50.1 Å². The van der Waals surface area contributed by atoms with Gasteiger partial charge in [-0.05, 0) is 64.4 Å². The van der Waals surface area contributed by atoms with E-state index >= 15 is 0 Å². The Labute approximate surface area is 115 Å². The van der Waals surface area contributed by atoms with Crippen molar-refractivity contribution < 1.29 is 4.74 Å². The van der Waals surface area contributed by atoms with Gasteiger partial charge in [-0.3, -0.25) is 0 Å². The average Bonchev–Trinajstić information content (AvgIpc) is 2.63. The first-order valence-electron chi connectivity index (χ1n) is 6.81. The van der Waals surface area contributed by atoms with Crippen molar-refractivity contribution in [2.45, 2.75) is 39.7 Å². The third-order valence-electron chi connectivity index (χ3n) is 3.36. The van der Waals surface area contributed by atoms with Gasteiger partial charge in [-0.15, -0.1) is 0 Å². The highest BCUT2D eigenvalue weighted by molar-refractivity contribution is 5.86. The van der Waals surface area contributed by atoms with Crippen LogP contribution in [0.2, 0.25) is 0 Å². The van der Waals surface area contributed by atoms with Crippen molar-refractivity contribution in [2.75, 3.05) is 13.7 Å². The molecule has 19 heavy (non-hydrogen) atoms. The summed E-state index contributed by atoms with van der Waals surface area (Å²) >= 11 is 0. The van der Waals surface area contributed by atoms with Crippen molar-refractivity contribution in [1.29, 1.82) is 0 Å². The molecule has 2 N–H and O–H groups in total. The summed E-state index contributed by atoms with van der Waals surface area (Å²) in [5.74, 6) is 0.913. The summed E-state index contributed by atoms with van der Waals surface area (Å²) in [6, 6.07) is 6.20. The van der Waals surface area contributed by atoms with E-state index in [1.807, 2.05) is 6.07 Å². The first-order valence-corrected chi connectivity index (χ1v) is 6.81. The van der Waals surface area contributed by atoms with Gasteiger partial charge < -0.3 is 15.0 Å². The Bertz CT molecular complexity index is 564. The van der Waals surface area contributed by atoms with Crippen LogP contribution in [-0.4, -0.2) is 24.2 Å². The van der Waals surface area contributed by atoms with Crippen molar-refractivity contribution in [1.82, 2.24) is 10.3 Å². The highest BCUT2D eigenvalue weighted by atomic mass is 16.5. The van der Waals surface area contributed by atoms with Crippen LogP contribution in [0.15, 0.2) is 18.2 Å². The first-order chi connectivity index (χ1) is 8.90. The number of rotatable bonds is 4. The maximum absolute atomic E-state index is 5.32. The van der Waals surface area contributed by atoms with E-state index in [4.69, 9.17) is 4.74 Å². The molecule has 0 unspecified atom stereocenters. The summed E-state index contributed by atoms with van der Waals surface area (Å²) < 4.78 is 5.32. The number of aromatic amines is 1. The third kappa shape index (κ3) is 3.29. The number of methoxy groups -OCH3 is 1. The molecule has 2 rings (SSSR count). The minimum absolute atomic E-state index is 0.164. The zero-order valence-electron chi connectivity index (χ0n) is 12.6. The van der Waals surface area contributed by atoms with Gasteiger partial charge in [0.1, 0.15) is 5.75 Å². The lowest BCUT2D eigenvalue weighted by atomic mass is 10.1. The van der Waals surface area contributed by atoms with Gasteiger partial charge in [0.2, 0.25) is 0 Å². The van der Waals surface area contributed by atoms with Crippen LogP contribution < -0.4 is 10.1 Å². The van der Waals surface area contributed by atoms with Gasteiger partial charge >= 0.3 is 0 Å². The summed E-state index contributed by atoms with van der Waals surface area (Å²) in [4.78, 5) is 3.44. The fraction of sp³-hybridized carbons (Fsp3) is 0.500. The highest BCUT2D eigenvalue weighted by Gasteiger charge is 2.12. The molecule has 1 aromatic heterocycles. The number of ether oxygens (including phenoxy) is 1. The van der Waals surface area contributed by atoms with Gasteiger partial charge in [-0.1, -0.05) is 0 Å². The van der Waals surface area contributed by atoms with Crippen LogP contribution in [0, 0.1) is 6.92 Å². The molecule has 2 aromatic rings. The summed E-state index contributed by atoms with van der Waals surface area (Å²) in [7, 11) is 1.71. The third-order valence-corrected chi connectivity index (χ3v) is 3.36. The van der Waals surface area contributed by atoms with E-state index in [0.717, 1.165) is 18.7 Å². The Morgan fingerprint density at radius 1 is 1.26 bits per heavy atom. The van der Waals surface area contributed by atoms with E-state index in [9.17, 15) is 0 Å². The summed E-state index contributed by atoms with van der Waals surface area (Å²) in [5, 5.41) is 4.81. The Morgan fingerprint density at radius 3 is 2.63 bits per heavy atom. The molecule has 3 nitrogen and oxygen atoms in total. The van der Waals surface area contributed by atoms with Crippen LogP contribution in [0.25, 0.3) is 10.9 Å². The van der Waals surface area contributed by atoms with Gasteiger partial charge in [-0.2, -0.15) is 0 Å². The molecule has 0 saturated carbocycles. The first kappa shape index (κ1) is 13.9. The quantitative estimate of drug-likeness (QED) is 0.884. The lowest BCUT2D eigenvalue weighted by Crippen LogP contribution is -2.37. The summed E-state index contributed by atoms with van der Waals surface area (Å²) in [6.45, 7) is 9.70. The number of hydrogen-bond donors (Lipinski definition) is 2. The van der Waals surface area contributed by atoms with E-state index < -0.39 is 0 Å². The standard InChI is InChI=1S/C16H24N2O/c1-11-13(8-9-17-16(2,3)4)14-10-12(19-5)6-7-15(14)18-11/h6-7,10,17-18H,8-9H2,1-5H3. The van der Waals surface area contributed by atoms with E-state index in [0.29, 0.717) is 0 Å². The number of aromatic nitrogens is 1. The molecule has 0 fully saturated rings. The number of aryl methyl sites for hydroxylation is 1. The fourth-order valence-electron chi connectivity index (χ4n) is 2.37. The number of hydrogen-bond acceptors (Lipinski definition) is 2. The van der Waals surface area contributed by atoms with Gasteiger partial charge in [0.25, 0.3) is 0 Å². The smallest absolute Gasteiger partial charge is 0.119 e. The van der Waals surface area contributed by atoms with E-state index in [1.165, 1.54) is 22.2 Å². The molecule has 0 aliphatic heterocycles. The highest BCUT2D eigenvalue weighted by Crippen LogP contribution is 2.26. The zero-order valence-corrected chi connectivity index (χ0v) is 12.6. The molecule has 104 valence electrons. The molecule has 0 radical (unpaired) electrons. The largest absolute Gasteiger partial charge is 0.497 e. The molecule has 1 aromatic carbocycles. The topological polar surface area (TPSA) is 37.0 Å². The second-order valence-corrected chi connectivity index (χ2v) is 6.07. The van der Waals surface area contributed by atoms with Gasteiger partial charge in [-0.25, -0.2) is 0 Å². The van der Waals surface area contributed by atoms with Gasteiger partial charge in [0.05, 0.1) is 7.11 Å². The van der Waals surface area contributed by atoms with Crippen molar-refractivity contribution in [3.63, 3.8) is 0 Å². The maximum atomic E-state index is 5.32. The number of nitrogens with one attached hydrogen (secondary N) is 2. The average molecular weight is 260 g/mol. The Hall–Kier alpha value is -1.48. The molecule has 0 saturated heterocycles. The van der Waals surface area contributed by atoms with E-state index in [-0.39, 0.29) is 5.54 Å². The molecule has 0 aliphatic carbocycles. The summed E-state index contributed by atoms with van der Waals surface area (Å²) in [5.41, 5.74) is 3.98. The maximum Gasteiger partial charge on any atom is 0.119 e. The van der Waals surface area contributed by atoms with Crippen LogP contribution in [0.4, 0.5) is 0 Å². The summed E-state index contributed by atoms with van der Waals surface area (Å²) in [6.07, 6.45) is 1.02. The lowest BCUT2D eigenvalue weighted by molar-refractivity contribution is 0.415. The lowest BCUT2D eigenvalue weighted by Gasteiger charge is -2.20. The second kappa shape index (κ2) is 5.25. The number of benzene rings is 1. The molecular formula is C16H24N2O. The molecule has 0 bridgehead atoms. The molecule has 1 heterocycles.